The topological polar surface area (TPSA) is 55.1 Å². The highest BCUT2D eigenvalue weighted by Crippen LogP contribution is 2.27. The van der Waals surface area contributed by atoms with E-state index in [-0.39, 0.29) is 0 Å². The highest BCUT2D eigenvalue weighted by Gasteiger charge is 2.23. The fourth-order valence-corrected chi connectivity index (χ4v) is 2.50. The van der Waals surface area contributed by atoms with Gasteiger partial charge in [0.1, 0.15) is 6.26 Å². The third-order valence-corrected chi connectivity index (χ3v) is 3.61. The van der Waals surface area contributed by atoms with Crippen molar-refractivity contribution in [1.29, 1.82) is 0 Å². The van der Waals surface area contributed by atoms with Crippen molar-refractivity contribution in [1.82, 2.24) is 19.9 Å². The minimum Gasteiger partial charge on any atom is -0.449 e. The second kappa shape index (κ2) is 5.48. The van der Waals surface area contributed by atoms with Crippen LogP contribution >= 0.6 is 0 Å². The van der Waals surface area contributed by atoms with Crippen LogP contribution in [0.4, 0.5) is 0 Å². The van der Waals surface area contributed by atoms with Crippen LogP contribution in [0, 0.1) is 6.92 Å². The quantitative estimate of drug-likeness (QED) is 0.844. The van der Waals surface area contributed by atoms with E-state index in [1.54, 1.807) is 12.5 Å². The molecule has 0 saturated carbocycles. The Labute approximate surface area is 112 Å². The molecule has 5 heteroatoms. The fraction of sp³-hybridized carbons (Fsp3) is 0.500. The van der Waals surface area contributed by atoms with Crippen LogP contribution in [0.1, 0.15) is 36.0 Å². The molecule has 1 aliphatic rings. The van der Waals surface area contributed by atoms with Gasteiger partial charge in [-0.25, -0.2) is 4.98 Å². The summed E-state index contributed by atoms with van der Waals surface area (Å²) in [7, 11) is 0. The number of aromatic nitrogens is 3. The van der Waals surface area contributed by atoms with Crippen LogP contribution in [-0.4, -0.2) is 32.9 Å². The van der Waals surface area contributed by atoms with Gasteiger partial charge in [0.05, 0.1) is 17.6 Å². The van der Waals surface area contributed by atoms with Crippen LogP contribution in [0.2, 0.25) is 0 Å². The highest BCUT2D eigenvalue weighted by molar-refractivity contribution is 5.01. The number of hydrogen-bond donors (Lipinski definition) is 0. The Kier molecular flexibility index (Phi) is 3.55. The van der Waals surface area contributed by atoms with E-state index in [0.717, 1.165) is 49.8 Å². The monoisotopic (exact) mass is 258 g/mol. The molecule has 3 rings (SSSR count). The zero-order valence-electron chi connectivity index (χ0n) is 11.1. The summed E-state index contributed by atoms with van der Waals surface area (Å²) in [5.41, 5.74) is 2.01. The molecule has 0 unspecified atom stereocenters. The fourth-order valence-electron chi connectivity index (χ4n) is 2.50. The van der Waals surface area contributed by atoms with Crippen LogP contribution in [0.15, 0.2) is 29.3 Å². The SMILES string of the molecule is Cc1cnc(CN2CCC(c3ncco3)CC2)cn1. The number of oxazole rings is 1. The maximum absolute atomic E-state index is 5.39. The largest absolute Gasteiger partial charge is 0.449 e. The molecular weight excluding hydrogens is 240 g/mol. The zero-order valence-corrected chi connectivity index (χ0v) is 11.1. The lowest BCUT2D eigenvalue weighted by Crippen LogP contribution is -2.32. The molecule has 0 bridgehead atoms. The van der Waals surface area contributed by atoms with Gasteiger partial charge < -0.3 is 4.42 Å². The molecule has 0 N–H and O–H groups in total. The van der Waals surface area contributed by atoms with Crippen molar-refractivity contribution in [3.05, 3.63) is 42.1 Å². The van der Waals surface area contributed by atoms with Crippen molar-refractivity contribution in [3.8, 4) is 0 Å². The van der Waals surface area contributed by atoms with E-state index >= 15 is 0 Å². The summed E-state index contributed by atoms with van der Waals surface area (Å²) in [5.74, 6) is 1.35. The molecule has 0 aliphatic carbocycles. The third kappa shape index (κ3) is 2.98. The summed E-state index contributed by atoms with van der Waals surface area (Å²) in [6.45, 7) is 4.95. The van der Waals surface area contributed by atoms with Gasteiger partial charge >= 0.3 is 0 Å². The Balaban J connectivity index is 1.54. The molecule has 2 aromatic rings. The first-order chi connectivity index (χ1) is 9.31. The predicted octanol–water partition coefficient (Wildman–Crippen LogP) is 2.15. The zero-order chi connectivity index (χ0) is 13.1. The lowest BCUT2D eigenvalue weighted by atomic mass is 9.97. The van der Waals surface area contributed by atoms with Gasteiger partial charge in [-0.15, -0.1) is 0 Å². The van der Waals surface area contributed by atoms with Gasteiger partial charge in [0.2, 0.25) is 0 Å². The average molecular weight is 258 g/mol. The van der Waals surface area contributed by atoms with E-state index in [1.807, 2.05) is 19.3 Å². The van der Waals surface area contributed by atoms with E-state index in [2.05, 4.69) is 19.9 Å². The Morgan fingerprint density at radius 3 is 2.68 bits per heavy atom. The molecule has 0 radical (unpaired) electrons. The molecule has 1 fully saturated rings. The average Bonchev–Trinajstić information content (AvgIpc) is 2.96. The predicted molar refractivity (Wildman–Crippen MR) is 70.5 cm³/mol. The van der Waals surface area contributed by atoms with Gasteiger partial charge in [-0.05, 0) is 32.9 Å². The lowest BCUT2D eigenvalue weighted by molar-refractivity contribution is 0.191. The number of nitrogens with zero attached hydrogens (tertiary/aromatic N) is 4. The Morgan fingerprint density at radius 2 is 2.05 bits per heavy atom. The first-order valence-electron chi connectivity index (χ1n) is 6.70. The molecule has 19 heavy (non-hydrogen) atoms. The van der Waals surface area contributed by atoms with E-state index in [0.29, 0.717) is 5.92 Å². The molecule has 0 aromatic carbocycles. The highest BCUT2D eigenvalue weighted by atomic mass is 16.3. The first kappa shape index (κ1) is 12.3. The standard InChI is InChI=1S/C14H18N4O/c1-11-8-17-13(9-16-11)10-18-5-2-12(3-6-18)14-15-4-7-19-14/h4,7-9,12H,2-3,5-6,10H2,1H3. The van der Waals surface area contributed by atoms with Crippen LogP contribution in [0.25, 0.3) is 0 Å². The Morgan fingerprint density at radius 1 is 1.21 bits per heavy atom. The van der Waals surface area contributed by atoms with Crippen molar-refractivity contribution < 1.29 is 4.42 Å². The molecule has 5 nitrogen and oxygen atoms in total. The Bertz CT molecular complexity index is 501. The van der Waals surface area contributed by atoms with Crippen molar-refractivity contribution in [2.24, 2.45) is 0 Å². The third-order valence-electron chi connectivity index (χ3n) is 3.61. The first-order valence-corrected chi connectivity index (χ1v) is 6.70. The van der Waals surface area contributed by atoms with E-state index in [9.17, 15) is 0 Å². The second-order valence-corrected chi connectivity index (χ2v) is 5.07. The van der Waals surface area contributed by atoms with Gasteiger partial charge in [0.25, 0.3) is 0 Å². The molecule has 100 valence electrons. The van der Waals surface area contributed by atoms with Crippen molar-refractivity contribution in [2.75, 3.05) is 13.1 Å². The summed E-state index contributed by atoms with van der Waals surface area (Å²) < 4.78 is 5.39. The molecule has 2 aromatic heterocycles. The Hall–Kier alpha value is -1.75. The minimum absolute atomic E-state index is 0.468. The van der Waals surface area contributed by atoms with Crippen LogP contribution in [-0.2, 0) is 6.54 Å². The summed E-state index contributed by atoms with van der Waals surface area (Å²) in [6, 6.07) is 0. The van der Waals surface area contributed by atoms with E-state index in [4.69, 9.17) is 4.42 Å². The maximum Gasteiger partial charge on any atom is 0.197 e. The number of aryl methyl sites for hydroxylation is 1. The molecule has 1 aliphatic heterocycles. The molecule has 3 heterocycles. The number of likely N-dealkylation sites (tertiary alicyclic amines) is 1. The van der Waals surface area contributed by atoms with Crippen LogP contribution < -0.4 is 0 Å². The van der Waals surface area contributed by atoms with Gasteiger partial charge in [-0.1, -0.05) is 0 Å². The maximum atomic E-state index is 5.39. The molecular formula is C14H18N4O. The molecule has 0 amide bonds. The summed E-state index contributed by atoms with van der Waals surface area (Å²) in [5, 5.41) is 0. The van der Waals surface area contributed by atoms with E-state index in [1.165, 1.54) is 0 Å². The molecule has 1 saturated heterocycles. The second-order valence-electron chi connectivity index (χ2n) is 5.07. The van der Waals surface area contributed by atoms with E-state index < -0.39 is 0 Å². The van der Waals surface area contributed by atoms with Crippen molar-refractivity contribution in [3.63, 3.8) is 0 Å². The number of piperidine rings is 1. The normalized spacial score (nSPS) is 17.7. The molecule has 0 atom stereocenters. The van der Waals surface area contributed by atoms with Gasteiger partial charge in [0.15, 0.2) is 5.89 Å². The summed E-state index contributed by atoms with van der Waals surface area (Å²) >= 11 is 0. The summed E-state index contributed by atoms with van der Waals surface area (Å²) in [6.07, 6.45) is 9.27. The van der Waals surface area contributed by atoms with Crippen LogP contribution in [0.3, 0.4) is 0 Å². The van der Waals surface area contributed by atoms with Gasteiger partial charge in [-0.3, -0.25) is 14.9 Å². The lowest BCUT2D eigenvalue weighted by Gasteiger charge is -2.30. The molecule has 0 spiro atoms. The number of rotatable bonds is 3. The number of hydrogen-bond acceptors (Lipinski definition) is 5. The van der Waals surface area contributed by atoms with Gasteiger partial charge in [-0.2, -0.15) is 0 Å². The smallest absolute Gasteiger partial charge is 0.197 e. The van der Waals surface area contributed by atoms with Crippen molar-refractivity contribution >= 4 is 0 Å². The van der Waals surface area contributed by atoms with Gasteiger partial charge in [0, 0.05) is 24.9 Å². The van der Waals surface area contributed by atoms with Crippen LogP contribution in [0.5, 0.6) is 0 Å². The minimum atomic E-state index is 0.468. The summed E-state index contributed by atoms with van der Waals surface area (Å²) in [4.78, 5) is 15.4. The van der Waals surface area contributed by atoms with Crippen molar-refractivity contribution in [2.45, 2.75) is 32.2 Å².